The number of carbonyl (C=O) groups is 1. The lowest BCUT2D eigenvalue weighted by Crippen LogP contribution is -2.18. The van der Waals surface area contributed by atoms with Crippen LogP contribution in [0.1, 0.15) is 21.5 Å². The van der Waals surface area contributed by atoms with Gasteiger partial charge in [-0.2, -0.15) is 5.10 Å². The lowest BCUT2D eigenvalue weighted by Gasteiger charge is -2.12. The average molecular weight is 363 g/mol. The van der Waals surface area contributed by atoms with Gasteiger partial charge in [-0.1, -0.05) is 17.7 Å². The Morgan fingerprint density at radius 1 is 1.08 bits per heavy atom. The van der Waals surface area contributed by atoms with Crippen molar-refractivity contribution in [2.75, 3.05) is 21.3 Å². The Bertz CT molecular complexity index is 781. The Hall–Kier alpha value is -2.73. The molecule has 132 valence electrons. The molecule has 0 aliphatic heterocycles. The third kappa shape index (κ3) is 4.42. The van der Waals surface area contributed by atoms with Crippen molar-refractivity contribution >= 4 is 23.7 Å². The van der Waals surface area contributed by atoms with E-state index in [9.17, 15) is 4.79 Å². The van der Waals surface area contributed by atoms with Gasteiger partial charge >= 0.3 is 0 Å². The first-order valence-corrected chi connectivity index (χ1v) is 7.77. The number of carbonyl (C=O) groups excluding carboxylic acids is 1. The summed E-state index contributed by atoms with van der Waals surface area (Å²) in [7, 11) is 4.58. The van der Waals surface area contributed by atoms with Crippen LogP contribution in [-0.4, -0.2) is 33.5 Å². The first kappa shape index (κ1) is 18.6. The highest BCUT2D eigenvalue weighted by Gasteiger charge is 2.13. The smallest absolute Gasteiger partial charge is 0.272 e. The molecule has 0 atom stereocenters. The summed E-state index contributed by atoms with van der Waals surface area (Å²) in [5.41, 5.74) is 4.45. The highest BCUT2D eigenvalue weighted by atomic mass is 35.5. The van der Waals surface area contributed by atoms with Crippen molar-refractivity contribution < 1.29 is 19.0 Å². The topological polar surface area (TPSA) is 69.2 Å². The molecule has 0 aliphatic carbocycles. The minimum atomic E-state index is -0.395. The van der Waals surface area contributed by atoms with E-state index < -0.39 is 5.91 Å². The molecule has 7 heteroatoms. The maximum atomic E-state index is 12.1. The zero-order valence-corrected chi connectivity index (χ0v) is 15.2. The van der Waals surface area contributed by atoms with Gasteiger partial charge in [0.2, 0.25) is 5.75 Å². The second-order valence-corrected chi connectivity index (χ2v) is 5.55. The molecule has 0 radical (unpaired) electrons. The van der Waals surface area contributed by atoms with Crippen molar-refractivity contribution in [2.45, 2.75) is 6.92 Å². The summed E-state index contributed by atoms with van der Waals surface area (Å²) < 4.78 is 15.8. The van der Waals surface area contributed by atoms with Crippen LogP contribution in [0.4, 0.5) is 0 Å². The molecule has 2 rings (SSSR count). The first-order valence-electron chi connectivity index (χ1n) is 7.39. The molecule has 0 unspecified atom stereocenters. The van der Waals surface area contributed by atoms with E-state index in [1.807, 2.05) is 13.0 Å². The molecular formula is C18H19ClN2O4. The summed E-state index contributed by atoms with van der Waals surface area (Å²) in [6, 6.07) is 8.62. The van der Waals surface area contributed by atoms with Crippen LogP contribution in [0.15, 0.2) is 35.4 Å². The zero-order valence-electron chi connectivity index (χ0n) is 14.4. The third-order valence-corrected chi connectivity index (χ3v) is 3.75. The van der Waals surface area contributed by atoms with Gasteiger partial charge in [0.05, 0.1) is 38.1 Å². The number of ether oxygens (including phenoxy) is 3. The van der Waals surface area contributed by atoms with E-state index in [4.69, 9.17) is 25.8 Å². The van der Waals surface area contributed by atoms with Crippen LogP contribution in [0.25, 0.3) is 0 Å². The highest BCUT2D eigenvalue weighted by Crippen LogP contribution is 2.37. The van der Waals surface area contributed by atoms with E-state index >= 15 is 0 Å². The maximum absolute atomic E-state index is 12.1. The predicted octanol–water partition coefficient (Wildman–Crippen LogP) is 3.44. The molecule has 0 bridgehead atoms. The molecule has 2 aromatic carbocycles. The Morgan fingerprint density at radius 3 is 2.24 bits per heavy atom. The van der Waals surface area contributed by atoms with Crippen molar-refractivity contribution in [1.82, 2.24) is 5.43 Å². The number of methoxy groups -OCH3 is 3. The van der Waals surface area contributed by atoms with Gasteiger partial charge in [-0.3, -0.25) is 4.79 Å². The van der Waals surface area contributed by atoms with Gasteiger partial charge in [-0.05, 0) is 36.8 Å². The standard InChI is InChI=1S/C18H19ClN2O4/c1-11-5-6-13(14(19)7-11)18(22)21-20-10-12-8-15(23-2)17(25-4)16(9-12)24-3/h5-10H,1-4H3,(H,21,22)/b20-10+. The molecule has 0 heterocycles. The Kier molecular flexibility index (Phi) is 6.25. The minimum absolute atomic E-state index is 0.356. The van der Waals surface area contributed by atoms with Crippen LogP contribution in [0.2, 0.25) is 5.02 Å². The number of hydrogen-bond acceptors (Lipinski definition) is 5. The van der Waals surface area contributed by atoms with Gasteiger partial charge in [0.1, 0.15) is 0 Å². The Morgan fingerprint density at radius 2 is 1.72 bits per heavy atom. The lowest BCUT2D eigenvalue weighted by atomic mass is 10.1. The van der Waals surface area contributed by atoms with E-state index in [1.165, 1.54) is 27.5 Å². The van der Waals surface area contributed by atoms with E-state index in [1.54, 1.807) is 24.3 Å². The van der Waals surface area contributed by atoms with Crippen LogP contribution >= 0.6 is 11.6 Å². The van der Waals surface area contributed by atoms with Gasteiger partial charge in [0.25, 0.3) is 5.91 Å². The molecule has 0 spiro atoms. The number of nitrogens with one attached hydrogen (secondary N) is 1. The van der Waals surface area contributed by atoms with Gasteiger partial charge in [-0.15, -0.1) is 0 Å². The van der Waals surface area contributed by atoms with Crippen LogP contribution in [-0.2, 0) is 0 Å². The van der Waals surface area contributed by atoms with Crippen molar-refractivity contribution in [3.63, 3.8) is 0 Å². The fourth-order valence-corrected chi connectivity index (χ4v) is 2.53. The van der Waals surface area contributed by atoms with Crippen molar-refractivity contribution in [3.05, 3.63) is 52.0 Å². The summed E-state index contributed by atoms with van der Waals surface area (Å²) in [6.07, 6.45) is 1.48. The quantitative estimate of drug-likeness (QED) is 0.631. The molecule has 2 aromatic rings. The molecule has 0 saturated carbocycles. The summed E-state index contributed by atoms with van der Waals surface area (Å²) >= 11 is 6.07. The van der Waals surface area contributed by atoms with Crippen molar-refractivity contribution in [3.8, 4) is 17.2 Å². The van der Waals surface area contributed by atoms with E-state index in [0.717, 1.165) is 5.56 Å². The van der Waals surface area contributed by atoms with Gasteiger partial charge in [-0.25, -0.2) is 5.43 Å². The monoisotopic (exact) mass is 362 g/mol. The molecule has 25 heavy (non-hydrogen) atoms. The van der Waals surface area contributed by atoms with E-state index in [2.05, 4.69) is 10.5 Å². The number of halogens is 1. The molecule has 6 nitrogen and oxygen atoms in total. The van der Waals surface area contributed by atoms with Gasteiger partial charge < -0.3 is 14.2 Å². The molecule has 1 N–H and O–H groups in total. The maximum Gasteiger partial charge on any atom is 0.272 e. The summed E-state index contributed by atoms with van der Waals surface area (Å²) in [6.45, 7) is 1.90. The molecule has 0 aromatic heterocycles. The molecule has 1 amide bonds. The summed E-state index contributed by atoms with van der Waals surface area (Å²) in [5, 5.41) is 4.33. The number of rotatable bonds is 6. The second kappa shape index (κ2) is 8.39. The number of nitrogens with zero attached hydrogens (tertiary/aromatic N) is 1. The van der Waals surface area contributed by atoms with E-state index in [-0.39, 0.29) is 0 Å². The Labute approximate surface area is 151 Å². The van der Waals surface area contributed by atoms with Crippen LogP contribution in [0.5, 0.6) is 17.2 Å². The van der Waals surface area contributed by atoms with Crippen molar-refractivity contribution in [1.29, 1.82) is 0 Å². The summed E-state index contributed by atoms with van der Waals surface area (Å²) in [5.74, 6) is 1.08. The van der Waals surface area contributed by atoms with Crippen LogP contribution < -0.4 is 19.6 Å². The first-order chi connectivity index (χ1) is 12.0. The molecule has 0 saturated heterocycles. The molecular weight excluding hydrogens is 344 g/mol. The van der Waals surface area contributed by atoms with Gasteiger partial charge in [0, 0.05) is 5.56 Å². The second-order valence-electron chi connectivity index (χ2n) is 5.14. The number of amides is 1. The van der Waals surface area contributed by atoms with Crippen LogP contribution in [0, 0.1) is 6.92 Å². The van der Waals surface area contributed by atoms with E-state index in [0.29, 0.717) is 33.4 Å². The average Bonchev–Trinajstić information content (AvgIpc) is 2.60. The SMILES string of the molecule is COc1cc(/C=N/NC(=O)c2ccc(C)cc2Cl)cc(OC)c1OC. The fraction of sp³-hybridized carbons (Fsp3) is 0.222. The van der Waals surface area contributed by atoms with Crippen LogP contribution in [0.3, 0.4) is 0 Å². The predicted molar refractivity (Wildman–Crippen MR) is 97.3 cm³/mol. The van der Waals surface area contributed by atoms with Gasteiger partial charge in [0.15, 0.2) is 11.5 Å². The Balaban J connectivity index is 2.17. The number of benzene rings is 2. The normalized spacial score (nSPS) is 10.6. The fourth-order valence-electron chi connectivity index (χ4n) is 2.21. The minimum Gasteiger partial charge on any atom is -0.493 e. The molecule has 0 fully saturated rings. The largest absolute Gasteiger partial charge is 0.493 e. The lowest BCUT2D eigenvalue weighted by molar-refractivity contribution is 0.0955. The zero-order chi connectivity index (χ0) is 18.4. The number of hydrogen-bond donors (Lipinski definition) is 1. The number of hydrazone groups is 1. The van der Waals surface area contributed by atoms with Crippen molar-refractivity contribution in [2.24, 2.45) is 5.10 Å². The third-order valence-electron chi connectivity index (χ3n) is 3.44. The highest BCUT2D eigenvalue weighted by molar-refractivity contribution is 6.33. The summed E-state index contributed by atoms with van der Waals surface area (Å²) in [4.78, 5) is 12.1. The number of aryl methyl sites for hydroxylation is 1. The molecule has 0 aliphatic rings.